The SMILES string of the molecule is NC(=O)Cn1cc(NC2CCCC(C3CC3)C2)cn1. The minimum atomic E-state index is -0.360. The monoisotopic (exact) mass is 262 g/mol. The van der Waals surface area contributed by atoms with E-state index < -0.39 is 0 Å². The van der Waals surface area contributed by atoms with Crippen LogP contribution in [0, 0.1) is 11.8 Å². The highest BCUT2D eigenvalue weighted by atomic mass is 16.1. The normalized spacial score (nSPS) is 27.2. The Morgan fingerprint density at radius 3 is 2.95 bits per heavy atom. The number of nitrogens with zero attached hydrogens (tertiary/aromatic N) is 2. The fourth-order valence-corrected chi connectivity index (χ4v) is 3.27. The van der Waals surface area contributed by atoms with Gasteiger partial charge in [0.15, 0.2) is 0 Å². The van der Waals surface area contributed by atoms with Gasteiger partial charge in [-0.25, -0.2) is 0 Å². The highest BCUT2D eigenvalue weighted by Crippen LogP contribution is 2.44. The maximum Gasteiger partial charge on any atom is 0.239 e. The molecule has 5 heteroatoms. The topological polar surface area (TPSA) is 72.9 Å². The molecule has 1 aromatic rings. The maximum absolute atomic E-state index is 10.8. The molecule has 2 saturated carbocycles. The van der Waals surface area contributed by atoms with E-state index >= 15 is 0 Å². The lowest BCUT2D eigenvalue weighted by Crippen LogP contribution is -2.28. The highest BCUT2D eigenvalue weighted by Gasteiger charge is 2.34. The largest absolute Gasteiger partial charge is 0.380 e. The van der Waals surface area contributed by atoms with E-state index in [0.717, 1.165) is 17.5 Å². The van der Waals surface area contributed by atoms with Crippen molar-refractivity contribution in [2.24, 2.45) is 17.6 Å². The van der Waals surface area contributed by atoms with Gasteiger partial charge >= 0.3 is 0 Å². The van der Waals surface area contributed by atoms with Crippen molar-refractivity contribution in [3.63, 3.8) is 0 Å². The summed E-state index contributed by atoms with van der Waals surface area (Å²) < 4.78 is 1.59. The lowest BCUT2D eigenvalue weighted by Gasteiger charge is -2.30. The molecule has 2 unspecified atom stereocenters. The van der Waals surface area contributed by atoms with Crippen molar-refractivity contribution in [1.29, 1.82) is 0 Å². The summed E-state index contributed by atoms with van der Waals surface area (Å²) in [6.45, 7) is 0.150. The van der Waals surface area contributed by atoms with Crippen LogP contribution in [0.25, 0.3) is 0 Å². The average molecular weight is 262 g/mol. The second kappa shape index (κ2) is 5.23. The van der Waals surface area contributed by atoms with Gasteiger partial charge in [0.25, 0.3) is 0 Å². The van der Waals surface area contributed by atoms with Gasteiger partial charge in [-0.15, -0.1) is 0 Å². The maximum atomic E-state index is 10.8. The number of nitrogens with two attached hydrogens (primary N) is 1. The molecule has 0 saturated heterocycles. The number of carbonyl (C=O) groups excluding carboxylic acids is 1. The van der Waals surface area contributed by atoms with E-state index in [0.29, 0.717) is 6.04 Å². The Balaban J connectivity index is 1.54. The zero-order valence-electron chi connectivity index (χ0n) is 11.2. The quantitative estimate of drug-likeness (QED) is 0.849. The van der Waals surface area contributed by atoms with Crippen LogP contribution in [-0.4, -0.2) is 21.7 Å². The third-order valence-corrected chi connectivity index (χ3v) is 4.33. The number of carbonyl (C=O) groups is 1. The summed E-state index contributed by atoms with van der Waals surface area (Å²) in [5.74, 6) is 1.57. The highest BCUT2D eigenvalue weighted by molar-refractivity contribution is 5.73. The Hall–Kier alpha value is -1.52. The second-order valence-electron chi connectivity index (χ2n) is 6.00. The standard InChI is InChI=1S/C14H22N4O/c15-14(19)9-18-8-13(7-16-18)17-12-3-1-2-11(6-12)10-4-5-10/h7-8,10-12,17H,1-6,9H2,(H2,15,19). The van der Waals surface area contributed by atoms with Crippen molar-refractivity contribution < 1.29 is 4.79 Å². The van der Waals surface area contributed by atoms with Crippen LogP contribution < -0.4 is 11.1 Å². The summed E-state index contributed by atoms with van der Waals surface area (Å²) in [6.07, 6.45) is 11.8. The number of amides is 1. The van der Waals surface area contributed by atoms with Gasteiger partial charge in [0, 0.05) is 12.2 Å². The third kappa shape index (κ3) is 3.28. The molecule has 2 atom stereocenters. The number of anilines is 1. The molecule has 2 aliphatic carbocycles. The van der Waals surface area contributed by atoms with Gasteiger partial charge in [-0.1, -0.05) is 12.8 Å². The van der Waals surface area contributed by atoms with Gasteiger partial charge < -0.3 is 11.1 Å². The Labute approximate surface area is 113 Å². The molecule has 1 heterocycles. The first-order chi connectivity index (χ1) is 9.20. The minimum absolute atomic E-state index is 0.150. The van der Waals surface area contributed by atoms with Crippen molar-refractivity contribution in [2.75, 3.05) is 5.32 Å². The first kappa shape index (κ1) is 12.5. The Bertz CT molecular complexity index is 452. The van der Waals surface area contributed by atoms with Gasteiger partial charge in [-0.2, -0.15) is 5.10 Å². The van der Waals surface area contributed by atoms with Crippen molar-refractivity contribution >= 4 is 11.6 Å². The summed E-state index contributed by atoms with van der Waals surface area (Å²) in [6, 6.07) is 0.561. The fraction of sp³-hybridized carbons (Fsp3) is 0.714. The van der Waals surface area contributed by atoms with Gasteiger partial charge in [0.1, 0.15) is 6.54 Å². The lowest BCUT2D eigenvalue weighted by molar-refractivity contribution is -0.118. The molecule has 1 amide bonds. The van der Waals surface area contributed by atoms with Crippen LogP contribution in [0.1, 0.15) is 38.5 Å². The van der Waals surface area contributed by atoms with E-state index in [4.69, 9.17) is 5.73 Å². The summed E-state index contributed by atoms with van der Waals surface area (Å²) >= 11 is 0. The predicted octanol–water partition coefficient (Wildman–Crippen LogP) is 1.75. The molecule has 0 aromatic carbocycles. The van der Waals surface area contributed by atoms with Crippen LogP contribution >= 0.6 is 0 Å². The molecule has 0 bridgehead atoms. The molecule has 19 heavy (non-hydrogen) atoms. The van der Waals surface area contributed by atoms with Gasteiger partial charge in [0.2, 0.25) is 5.91 Å². The van der Waals surface area contributed by atoms with Gasteiger partial charge in [0.05, 0.1) is 11.9 Å². The van der Waals surface area contributed by atoms with Crippen LogP contribution in [0.4, 0.5) is 5.69 Å². The van der Waals surface area contributed by atoms with E-state index in [1.165, 1.54) is 38.5 Å². The lowest BCUT2D eigenvalue weighted by atomic mass is 9.82. The predicted molar refractivity (Wildman–Crippen MR) is 73.5 cm³/mol. The zero-order chi connectivity index (χ0) is 13.2. The number of primary amides is 1. The van der Waals surface area contributed by atoms with Crippen LogP contribution in [0.2, 0.25) is 0 Å². The molecule has 5 nitrogen and oxygen atoms in total. The van der Waals surface area contributed by atoms with E-state index in [9.17, 15) is 4.79 Å². The first-order valence-electron chi connectivity index (χ1n) is 7.28. The number of hydrogen-bond donors (Lipinski definition) is 2. The van der Waals surface area contributed by atoms with Gasteiger partial charge in [-0.05, 0) is 37.5 Å². The Morgan fingerprint density at radius 2 is 2.21 bits per heavy atom. The van der Waals surface area contributed by atoms with Crippen LogP contribution in [0.15, 0.2) is 12.4 Å². The molecule has 2 aliphatic rings. The molecular weight excluding hydrogens is 240 g/mol. The van der Waals surface area contributed by atoms with E-state index in [2.05, 4.69) is 10.4 Å². The number of hydrogen-bond acceptors (Lipinski definition) is 3. The van der Waals surface area contributed by atoms with Crippen LogP contribution in [0.3, 0.4) is 0 Å². The molecule has 2 fully saturated rings. The first-order valence-corrected chi connectivity index (χ1v) is 7.28. The molecule has 3 N–H and O–H groups in total. The van der Waals surface area contributed by atoms with E-state index in [1.54, 1.807) is 10.9 Å². The molecule has 1 aromatic heterocycles. The third-order valence-electron chi connectivity index (χ3n) is 4.33. The minimum Gasteiger partial charge on any atom is -0.380 e. The summed E-state index contributed by atoms with van der Waals surface area (Å²) in [5, 5.41) is 7.69. The number of aromatic nitrogens is 2. The molecule has 104 valence electrons. The van der Waals surface area contributed by atoms with Crippen molar-refractivity contribution in [3.05, 3.63) is 12.4 Å². The average Bonchev–Trinajstić information content (AvgIpc) is 3.13. The van der Waals surface area contributed by atoms with Gasteiger partial charge in [-0.3, -0.25) is 9.48 Å². The van der Waals surface area contributed by atoms with Crippen LogP contribution in [-0.2, 0) is 11.3 Å². The summed E-state index contributed by atoms with van der Waals surface area (Å²) in [5.41, 5.74) is 6.16. The molecule has 0 aliphatic heterocycles. The molecule has 0 spiro atoms. The van der Waals surface area contributed by atoms with Crippen LogP contribution in [0.5, 0.6) is 0 Å². The zero-order valence-corrected chi connectivity index (χ0v) is 11.2. The van der Waals surface area contributed by atoms with Crippen molar-refractivity contribution in [1.82, 2.24) is 9.78 Å². The molecule has 3 rings (SSSR count). The smallest absolute Gasteiger partial charge is 0.239 e. The number of rotatable bonds is 5. The Kier molecular flexibility index (Phi) is 3.44. The van der Waals surface area contributed by atoms with Crippen molar-refractivity contribution in [3.8, 4) is 0 Å². The van der Waals surface area contributed by atoms with E-state index in [-0.39, 0.29) is 12.5 Å². The summed E-state index contributed by atoms with van der Waals surface area (Å²) in [7, 11) is 0. The van der Waals surface area contributed by atoms with Crippen molar-refractivity contribution in [2.45, 2.75) is 51.1 Å². The summed E-state index contributed by atoms with van der Waals surface area (Å²) in [4.78, 5) is 10.8. The number of nitrogens with one attached hydrogen (secondary N) is 1. The van der Waals surface area contributed by atoms with E-state index in [1.807, 2.05) is 6.20 Å². The fourth-order valence-electron chi connectivity index (χ4n) is 3.27. The Morgan fingerprint density at radius 1 is 1.37 bits per heavy atom. The molecule has 0 radical (unpaired) electrons. The second-order valence-corrected chi connectivity index (χ2v) is 6.00. The molecular formula is C14H22N4O.